The fraction of sp³-hybridized carbons (Fsp3) is 0.250. The van der Waals surface area contributed by atoms with E-state index in [9.17, 15) is 0 Å². The van der Waals surface area contributed by atoms with Crippen LogP contribution in [-0.2, 0) is 5.75 Å². The number of aryl methyl sites for hydroxylation is 1. The van der Waals surface area contributed by atoms with Gasteiger partial charge in [-0.15, -0.1) is 11.8 Å². The first-order valence-electron chi connectivity index (χ1n) is 6.22. The number of nitrogens with two attached hydrogens (primary N) is 1. The standard InChI is InChI=1S/C16H19NS/c1-13-7-5-6-10-15(13)16(11-17)18-12-14-8-3-2-4-9-14/h2-10,16H,11-12,17H2,1H3. The van der Waals surface area contributed by atoms with Crippen molar-refractivity contribution in [1.29, 1.82) is 0 Å². The molecule has 0 aromatic heterocycles. The molecule has 0 aliphatic rings. The lowest BCUT2D eigenvalue weighted by molar-refractivity contribution is 0.930. The van der Waals surface area contributed by atoms with Crippen molar-refractivity contribution < 1.29 is 0 Å². The molecule has 0 aliphatic heterocycles. The van der Waals surface area contributed by atoms with Crippen molar-refractivity contribution in [2.24, 2.45) is 5.73 Å². The lowest BCUT2D eigenvalue weighted by Crippen LogP contribution is -2.10. The highest BCUT2D eigenvalue weighted by Gasteiger charge is 2.12. The summed E-state index contributed by atoms with van der Waals surface area (Å²) in [5.74, 6) is 1.01. The van der Waals surface area contributed by atoms with E-state index in [0.29, 0.717) is 11.8 Å². The van der Waals surface area contributed by atoms with Crippen LogP contribution >= 0.6 is 11.8 Å². The van der Waals surface area contributed by atoms with Gasteiger partial charge in [-0.2, -0.15) is 0 Å². The molecule has 1 nitrogen and oxygen atoms in total. The summed E-state index contributed by atoms with van der Waals surface area (Å²) in [6.07, 6.45) is 0. The van der Waals surface area contributed by atoms with Gasteiger partial charge in [-0.25, -0.2) is 0 Å². The fourth-order valence-corrected chi connectivity index (χ4v) is 3.17. The molecule has 0 fully saturated rings. The van der Waals surface area contributed by atoms with Crippen LogP contribution in [0.15, 0.2) is 54.6 Å². The normalized spacial score (nSPS) is 12.3. The maximum atomic E-state index is 5.92. The zero-order valence-electron chi connectivity index (χ0n) is 10.7. The predicted octanol–water partition coefficient (Wildman–Crippen LogP) is 3.93. The molecule has 0 saturated carbocycles. The van der Waals surface area contributed by atoms with E-state index in [1.807, 2.05) is 11.8 Å². The maximum Gasteiger partial charge on any atom is 0.0425 e. The number of rotatable bonds is 5. The zero-order valence-corrected chi connectivity index (χ0v) is 11.5. The highest BCUT2D eigenvalue weighted by atomic mass is 32.2. The largest absolute Gasteiger partial charge is 0.329 e. The molecule has 2 heteroatoms. The Morgan fingerprint density at radius 3 is 2.33 bits per heavy atom. The highest BCUT2D eigenvalue weighted by molar-refractivity contribution is 7.98. The number of benzene rings is 2. The number of thioether (sulfide) groups is 1. The minimum Gasteiger partial charge on any atom is -0.329 e. The lowest BCUT2D eigenvalue weighted by Gasteiger charge is -2.17. The van der Waals surface area contributed by atoms with E-state index in [1.54, 1.807) is 0 Å². The first-order chi connectivity index (χ1) is 8.81. The number of hydrogen-bond acceptors (Lipinski definition) is 2. The van der Waals surface area contributed by atoms with Crippen LogP contribution in [0.2, 0.25) is 0 Å². The highest BCUT2D eigenvalue weighted by Crippen LogP contribution is 2.32. The van der Waals surface area contributed by atoms with E-state index in [1.165, 1.54) is 16.7 Å². The minimum absolute atomic E-state index is 0.381. The van der Waals surface area contributed by atoms with Crippen LogP contribution in [0.1, 0.15) is 21.9 Å². The van der Waals surface area contributed by atoms with Gasteiger partial charge in [0.15, 0.2) is 0 Å². The van der Waals surface area contributed by atoms with Gasteiger partial charge in [-0.3, -0.25) is 0 Å². The third kappa shape index (κ3) is 3.37. The first kappa shape index (κ1) is 13.2. The molecule has 1 unspecified atom stereocenters. The summed E-state index contributed by atoms with van der Waals surface area (Å²) in [5.41, 5.74) is 9.96. The molecule has 94 valence electrons. The van der Waals surface area contributed by atoms with Crippen molar-refractivity contribution in [3.63, 3.8) is 0 Å². The van der Waals surface area contributed by atoms with Crippen molar-refractivity contribution in [2.45, 2.75) is 17.9 Å². The molecule has 2 rings (SSSR count). The average Bonchev–Trinajstić information content (AvgIpc) is 2.42. The van der Waals surface area contributed by atoms with Crippen LogP contribution in [0.25, 0.3) is 0 Å². The summed E-state index contributed by atoms with van der Waals surface area (Å²) >= 11 is 1.92. The van der Waals surface area contributed by atoms with Crippen LogP contribution in [0.5, 0.6) is 0 Å². The second kappa shape index (κ2) is 6.62. The van der Waals surface area contributed by atoms with Crippen molar-refractivity contribution in [2.75, 3.05) is 6.54 Å². The summed E-state index contributed by atoms with van der Waals surface area (Å²) < 4.78 is 0. The van der Waals surface area contributed by atoms with Gasteiger partial charge in [0.1, 0.15) is 0 Å². The van der Waals surface area contributed by atoms with Gasteiger partial charge in [-0.1, -0.05) is 54.6 Å². The van der Waals surface area contributed by atoms with Crippen LogP contribution in [-0.4, -0.2) is 6.54 Å². The van der Waals surface area contributed by atoms with E-state index in [2.05, 4.69) is 61.5 Å². The Morgan fingerprint density at radius 1 is 1.00 bits per heavy atom. The second-order valence-electron chi connectivity index (χ2n) is 4.38. The molecule has 2 aromatic rings. The molecule has 0 bridgehead atoms. The Kier molecular flexibility index (Phi) is 4.85. The zero-order chi connectivity index (χ0) is 12.8. The third-order valence-corrected chi connectivity index (χ3v) is 4.39. The minimum atomic E-state index is 0.381. The monoisotopic (exact) mass is 257 g/mol. The smallest absolute Gasteiger partial charge is 0.0425 e. The van der Waals surface area contributed by atoms with E-state index < -0.39 is 0 Å². The fourth-order valence-electron chi connectivity index (χ4n) is 2.00. The van der Waals surface area contributed by atoms with Gasteiger partial charge in [0.25, 0.3) is 0 Å². The average molecular weight is 257 g/mol. The topological polar surface area (TPSA) is 26.0 Å². The Hall–Kier alpha value is -1.25. The first-order valence-corrected chi connectivity index (χ1v) is 7.27. The summed E-state index contributed by atoms with van der Waals surface area (Å²) in [6.45, 7) is 2.84. The molecule has 0 aliphatic carbocycles. The van der Waals surface area contributed by atoms with E-state index in [-0.39, 0.29) is 0 Å². The van der Waals surface area contributed by atoms with Crippen LogP contribution < -0.4 is 5.73 Å². The van der Waals surface area contributed by atoms with Crippen molar-refractivity contribution in [3.05, 3.63) is 71.3 Å². The van der Waals surface area contributed by atoms with Crippen molar-refractivity contribution in [3.8, 4) is 0 Å². The molecule has 0 amide bonds. The molecule has 1 atom stereocenters. The van der Waals surface area contributed by atoms with Gasteiger partial charge in [-0.05, 0) is 23.6 Å². The predicted molar refractivity (Wildman–Crippen MR) is 80.7 cm³/mol. The summed E-state index contributed by atoms with van der Waals surface area (Å²) in [6, 6.07) is 19.1. The van der Waals surface area contributed by atoms with E-state index in [0.717, 1.165) is 5.75 Å². The SMILES string of the molecule is Cc1ccccc1C(CN)SCc1ccccc1. The Labute approximate surface area is 113 Å². The van der Waals surface area contributed by atoms with Gasteiger partial charge in [0.05, 0.1) is 0 Å². The lowest BCUT2D eigenvalue weighted by atomic mass is 10.1. The van der Waals surface area contributed by atoms with Gasteiger partial charge in [0.2, 0.25) is 0 Å². The molecule has 0 saturated heterocycles. The summed E-state index contributed by atoms with van der Waals surface area (Å²) in [7, 11) is 0. The summed E-state index contributed by atoms with van der Waals surface area (Å²) in [4.78, 5) is 0. The van der Waals surface area contributed by atoms with E-state index >= 15 is 0 Å². The van der Waals surface area contributed by atoms with Crippen molar-refractivity contribution in [1.82, 2.24) is 0 Å². The van der Waals surface area contributed by atoms with Gasteiger partial charge < -0.3 is 5.73 Å². The second-order valence-corrected chi connectivity index (χ2v) is 5.57. The Bertz CT molecular complexity index is 481. The van der Waals surface area contributed by atoms with Gasteiger partial charge in [0, 0.05) is 17.5 Å². The molecule has 0 spiro atoms. The molecular weight excluding hydrogens is 238 g/mol. The van der Waals surface area contributed by atoms with E-state index in [4.69, 9.17) is 5.73 Å². The summed E-state index contributed by atoms with van der Waals surface area (Å²) in [5, 5.41) is 0.381. The molecule has 18 heavy (non-hydrogen) atoms. The van der Waals surface area contributed by atoms with Crippen LogP contribution in [0.4, 0.5) is 0 Å². The third-order valence-electron chi connectivity index (χ3n) is 3.04. The molecule has 0 radical (unpaired) electrons. The quantitative estimate of drug-likeness (QED) is 0.878. The maximum absolute atomic E-state index is 5.92. The molecule has 0 heterocycles. The van der Waals surface area contributed by atoms with Crippen molar-refractivity contribution >= 4 is 11.8 Å². The Morgan fingerprint density at radius 2 is 1.67 bits per heavy atom. The van der Waals surface area contributed by atoms with Crippen LogP contribution in [0.3, 0.4) is 0 Å². The van der Waals surface area contributed by atoms with Gasteiger partial charge >= 0.3 is 0 Å². The number of hydrogen-bond donors (Lipinski definition) is 1. The Balaban J connectivity index is 2.04. The molecule has 2 aromatic carbocycles. The van der Waals surface area contributed by atoms with Crippen LogP contribution in [0, 0.1) is 6.92 Å². The molecule has 2 N–H and O–H groups in total. The molecular formula is C16H19NS.